The number of anilines is 1. The van der Waals surface area contributed by atoms with E-state index in [4.69, 9.17) is 5.73 Å². The molecule has 0 radical (unpaired) electrons. The fraction of sp³-hybridized carbons (Fsp3) is 0.417. The van der Waals surface area contributed by atoms with E-state index in [0.29, 0.717) is 5.82 Å². The Hall–Kier alpha value is -3.02. The zero-order valence-corrected chi connectivity index (χ0v) is 19.7. The molecular formula is C24H36N6. The van der Waals surface area contributed by atoms with Crippen LogP contribution in [0.4, 0.5) is 5.82 Å². The lowest BCUT2D eigenvalue weighted by atomic mass is 10.2. The molecule has 0 aliphatic heterocycles. The maximum atomic E-state index is 5.53. The van der Waals surface area contributed by atoms with Crippen molar-refractivity contribution >= 4 is 5.82 Å². The second kappa shape index (κ2) is 10.1. The lowest BCUT2D eigenvalue weighted by Gasteiger charge is -2.03. The Labute approximate surface area is 180 Å². The standard InChI is InChI=1S/C15H21N3.C9H15N3/c1-11(2)6-9-14-10-15(16-17(14)5)18-12(3)7-8-13(18)4;1-7(2)4-5-8-6-9(10)11-12(8)3/h6-8,10H,9H2,1-5H3;4,6H,5H2,1-3H3,(H2,10,11). The van der Waals surface area contributed by atoms with E-state index in [2.05, 4.69) is 86.7 Å². The molecule has 3 rings (SSSR count). The Morgan fingerprint density at radius 3 is 1.73 bits per heavy atom. The van der Waals surface area contributed by atoms with Gasteiger partial charge in [-0.1, -0.05) is 23.3 Å². The van der Waals surface area contributed by atoms with Gasteiger partial charge in [-0.25, -0.2) is 0 Å². The maximum absolute atomic E-state index is 5.53. The normalized spacial score (nSPS) is 10.4. The highest BCUT2D eigenvalue weighted by Gasteiger charge is 2.09. The number of allylic oxidation sites excluding steroid dienone is 4. The molecule has 6 heteroatoms. The van der Waals surface area contributed by atoms with Crippen molar-refractivity contribution < 1.29 is 0 Å². The first-order valence-corrected chi connectivity index (χ1v) is 10.3. The van der Waals surface area contributed by atoms with Crippen LogP contribution in [0.1, 0.15) is 50.5 Å². The van der Waals surface area contributed by atoms with Gasteiger partial charge in [0.25, 0.3) is 0 Å². The van der Waals surface area contributed by atoms with Gasteiger partial charge in [-0.15, -0.1) is 0 Å². The molecule has 3 aromatic rings. The van der Waals surface area contributed by atoms with Crippen molar-refractivity contribution in [1.82, 2.24) is 24.1 Å². The zero-order valence-electron chi connectivity index (χ0n) is 19.7. The second-order valence-corrected chi connectivity index (χ2v) is 8.22. The van der Waals surface area contributed by atoms with Crippen LogP contribution in [-0.2, 0) is 26.9 Å². The third-order valence-corrected chi connectivity index (χ3v) is 4.90. The van der Waals surface area contributed by atoms with Crippen LogP contribution in [0.25, 0.3) is 5.82 Å². The van der Waals surface area contributed by atoms with Crippen LogP contribution in [0.3, 0.4) is 0 Å². The van der Waals surface area contributed by atoms with Gasteiger partial charge in [0, 0.05) is 61.8 Å². The third-order valence-electron chi connectivity index (χ3n) is 4.90. The molecular weight excluding hydrogens is 372 g/mol. The minimum atomic E-state index is 0.592. The summed E-state index contributed by atoms with van der Waals surface area (Å²) in [6.45, 7) is 12.6. The van der Waals surface area contributed by atoms with Gasteiger partial charge in [-0.3, -0.25) is 9.36 Å². The molecule has 0 amide bonds. The summed E-state index contributed by atoms with van der Waals surface area (Å²) in [5.74, 6) is 1.60. The molecule has 0 saturated heterocycles. The molecule has 0 atom stereocenters. The Morgan fingerprint density at radius 2 is 1.30 bits per heavy atom. The van der Waals surface area contributed by atoms with Crippen LogP contribution >= 0.6 is 0 Å². The highest BCUT2D eigenvalue weighted by molar-refractivity contribution is 5.33. The van der Waals surface area contributed by atoms with Gasteiger partial charge in [0.2, 0.25) is 0 Å². The first-order chi connectivity index (χ1) is 14.1. The van der Waals surface area contributed by atoms with Crippen LogP contribution in [0.5, 0.6) is 0 Å². The Morgan fingerprint density at radius 1 is 0.833 bits per heavy atom. The topological polar surface area (TPSA) is 66.6 Å². The summed E-state index contributed by atoms with van der Waals surface area (Å²) in [6.07, 6.45) is 6.24. The highest BCUT2D eigenvalue weighted by atomic mass is 15.3. The summed E-state index contributed by atoms with van der Waals surface area (Å²) >= 11 is 0. The largest absolute Gasteiger partial charge is 0.382 e. The second-order valence-electron chi connectivity index (χ2n) is 8.22. The van der Waals surface area contributed by atoms with Gasteiger partial charge in [0.15, 0.2) is 5.82 Å². The first-order valence-electron chi connectivity index (χ1n) is 10.3. The molecule has 0 aromatic carbocycles. The molecule has 3 aromatic heterocycles. The van der Waals surface area contributed by atoms with Crippen molar-refractivity contribution in [1.29, 1.82) is 0 Å². The number of nitrogens with two attached hydrogens (primary N) is 1. The number of aryl methyl sites for hydroxylation is 4. The van der Waals surface area contributed by atoms with Crippen LogP contribution in [0.15, 0.2) is 47.6 Å². The van der Waals surface area contributed by atoms with Crippen molar-refractivity contribution in [2.75, 3.05) is 5.73 Å². The van der Waals surface area contributed by atoms with E-state index in [1.165, 1.54) is 28.2 Å². The predicted molar refractivity (Wildman–Crippen MR) is 126 cm³/mol. The molecule has 2 N–H and O–H groups in total. The highest BCUT2D eigenvalue weighted by Crippen LogP contribution is 2.16. The van der Waals surface area contributed by atoms with Gasteiger partial charge in [-0.05, 0) is 53.7 Å². The summed E-state index contributed by atoms with van der Waals surface area (Å²) in [6, 6.07) is 8.32. The van der Waals surface area contributed by atoms with E-state index < -0.39 is 0 Å². The lowest BCUT2D eigenvalue weighted by molar-refractivity contribution is 0.713. The van der Waals surface area contributed by atoms with Crippen LogP contribution in [0.2, 0.25) is 0 Å². The number of rotatable bonds is 5. The van der Waals surface area contributed by atoms with Gasteiger partial charge in [-0.2, -0.15) is 10.2 Å². The number of aromatic nitrogens is 5. The summed E-state index contributed by atoms with van der Waals surface area (Å²) in [7, 11) is 3.91. The van der Waals surface area contributed by atoms with E-state index >= 15 is 0 Å². The van der Waals surface area contributed by atoms with E-state index in [-0.39, 0.29) is 0 Å². The van der Waals surface area contributed by atoms with Gasteiger partial charge < -0.3 is 10.3 Å². The Balaban J connectivity index is 0.000000232. The average molecular weight is 409 g/mol. The summed E-state index contributed by atoms with van der Waals surface area (Å²) in [5.41, 5.74) is 13.0. The fourth-order valence-corrected chi connectivity index (χ4v) is 3.16. The Kier molecular flexibility index (Phi) is 7.86. The minimum absolute atomic E-state index is 0.592. The Bertz CT molecular complexity index is 1010. The SMILES string of the molecule is CC(C)=CCc1cc(-n2c(C)ccc2C)nn1C.CC(C)=CCc1cc(N)nn1C. The number of nitrogen functional groups attached to an aromatic ring is 1. The number of nitrogens with zero attached hydrogens (tertiary/aromatic N) is 5. The summed E-state index contributed by atoms with van der Waals surface area (Å²) in [5, 5.41) is 8.66. The molecule has 3 heterocycles. The number of hydrogen-bond acceptors (Lipinski definition) is 3. The molecule has 6 nitrogen and oxygen atoms in total. The van der Waals surface area contributed by atoms with E-state index in [0.717, 1.165) is 24.4 Å². The molecule has 162 valence electrons. The molecule has 0 aliphatic carbocycles. The number of hydrogen-bond donors (Lipinski definition) is 1. The molecule has 0 saturated carbocycles. The average Bonchev–Trinajstić information content (AvgIpc) is 3.28. The van der Waals surface area contributed by atoms with Crippen LogP contribution in [-0.4, -0.2) is 24.1 Å². The van der Waals surface area contributed by atoms with Crippen molar-refractivity contribution in [2.45, 2.75) is 54.4 Å². The molecule has 30 heavy (non-hydrogen) atoms. The van der Waals surface area contributed by atoms with E-state index in [1.54, 1.807) is 0 Å². The summed E-state index contributed by atoms with van der Waals surface area (Å²) < 4.78 is 5.97. The zero-order chi connectivity index (χ0) is 22.4. The van der Waals surface area contributed by atoms with Crippen LogP contribution < -0.4 is 5.73 Å². The van der Waals surface area contributed by atoms with E-state index in [9.17, 15) is 0 Å². The van der Waals surface area contributed by atoms with Gasteiger partial charge >= 0.3 is 0 Å². The van der Waals surface area contributed by atoms with Crippen molar-refractivity contribution in [2.24, 2.45) is 14.1 Å². The predicted octanol–water partition coefficient (Wildman–Crippen LogP) is 4.85. The minimum Gasteiger partial charge on any atom is -0.382 e. The molecule has 0 bridgehead atoms. The molecule has 0 aliphatic rings. The summed E-state index contributed by atoms with van der Waals surface area (Å²) in [4.78, 5) is 0. The maximum Gasteiger partial charge on any atom is 0.159 e. The van der Waals surface area contributed by atoms with Crippen molar-refractivity contribution in [3.05, 3.63) is 70.3 Å². The molecule has 0 spiro atoms. The monoisotopic (exact) mass is 408 g/mol. The van der Waals surface area contributed by atoms with E-state index in [1.807, 2.05) is 29.5 Å². The smallest absolute Gasteiger partial charge is 0.159 e. The quantitative estimate of drug-likeness (QED) is 0.614. The third kappa shape index (κ3) is 6.24. The fourth-order valence-electron chi connectivity index (χ4n) is 3.16. The van der Waals surface area contributed by atoms with Crippen LogP contribution in [0, 0.1) is 13.8 Å². The van der Waals surface area contributed by atoms with Gasteiger partial charge in [0.1, 0.15) is 5.82 Å². The lowest BCUT2D eigenvalue weighted by Crippen LogP contribution is -2.01. The van der Waals surface area contributed by atoms with Gasteiger partial charge in [0.05, 0.1) is 0 Å². The molecule has 0 unspecified atom stereocenters. The van der Waals surface area contributed by atoms with Crippen molar-refractivity contribution in [3.63, 3.8) is 0 Å². The van der Waals surface area contributed by atoms with Crippen molar-refractivity contribution in [3.8, 4) is 5.82 Å². The molecule has 0 fully saturated rings. The first kappa shape index (κ1) is 23.3.